The Morgan fingerprint density at radius 1 is 0.754 bits per heavy atom. The minimum Gasteiger partial charge on any atom is -0.413 e. The first-order chi connectivity index (χ1) is 31.0. The molecule has 12 nitrogen and oxygen atoms in total. The molecule has 340 valence electrons. The Kier molecular flexibility index (Phi) is 20.6. The molecule has 0 aromatic heterocycles. The summed E-state index contributed by atoms with van der Waals surface area (Å²) in [6.45, 7) is 32.0. The van der Waals surface area contributed by atoms with Gasteiger partial charge in [0.15, 0.2) is 31.3 Å². The molecular weight excluding hydrogens is 840 g/mol. The number of amides is 2. The van der Waals surface area contributed by atoms with Crippen LogP contribution < -0.4 is 10.6 Å². The van der Waals surface area contributed by atoms with Crippen molar-refractivity contribution < 1.29 is 34.5 Å². The number of alkyl halides is 1. The molecular formula is C51H59FN6O6Si. The average Bonchev–Trinajstić information content (AvgIpc) is 3.28. The van der Waals surface area contributed by atoms with E-state index in [1.165, 1.54) is 6.92 Å². The molecule has 0 fully saturated rings. The summed E-state index contributed by atoms with van der Waals surface area (Å²) in [6.07, 6.45) is -0.521. The second kappa shape index (κ2) is 25.5. The Hall–Kier alpha value is -6.81. The first kappa shape index (κ1) is 52.5. The van der Waals surface area contributed by atoms with Crippen molar-refractivity contribution in [3.63, 3.8) is 0 Å². The number of halogens is 1. The number of nitriles is 2. The Labute approximate surface area is 385 Å². The lowest BCUT2D eigenvalue weighted by atomic mass is 9.92. The lowest BCUT2D eigenvalue weighted by Crippen LogP contribution is -2.48. The number of carbonyl (C=O) groups excluding carboxylic acids is 4. The maximum atomic E-state index is 13.3. The molecule has 0 saturated carbocycles. The fourth-order valence-corrected chi connectivity index (χ4v) is 7.84. The summed E-state index contributed by atoms with van der Waals surface area (Å²) in [6, 6.07) is 27.4. The number of hydrogen-bond acceptors (Lipinski definition) is 8. The lowest BCUT2D eigenvalue weighted by Gasteiger charge is -2.40. The van der Waals surface area contributed by atoms with Gasteiger partial charge in [-0.3, -0.25) is 23.6 Å². The summed E-state index contributed by atoms with van der Waals surface area (Å²) in [5, 5.41) is 33.1. The fraction of sp³-hybridized carbons (Fsp3) is 0.373. The fourth-order valence-electron chi connectivity index (χ4n) is 6.39. The van der Waals surface area contributed by atoms with Gasteiger partial charge < -0.3 is 20.2 Å². The number of ketones is 2. The van der Waals surface area contributed by atoms with Crippen molar-refractivity contribution in [1.82, 2.24) is 10.6 Å². The molecule has 65 heavy (non-hydrogen) atoms. The van der Waals surface area contributed by atoms with Gasteiger partial charge in [-0.15, -0.1) is 0 Å². The number of nitrogens with zero attached hydrogens (tertiary/aromatic N) is 4. The highest BCUT2D eigenvalue weighted by atomic mass is 28.4. The molecule has 0 spiro atoms. The Morgan fingerprint density at radius 3 is 1.45 bits per heavy atom. The van der Waals surface area contributed by atoms with E-state index in [9.17, 15) is 28.7 Å². The van der Waals surface area contributed by atoms with E-state index < -0.39 is 39.3 Å². The zero-order chi connectivity index (χ0) is 49.8. The van der Waals surface area contributed by atoms with Gasteiger partial charge in [0.25, 0.3) is 0 Å². The Balaban J connectivity index is 0.000000437. The maximum Gasteiger partial charge on any atom is 0.226 e. The van der Waals surface area contributed by atoms with Gasteiger partial charge in [0.1, 0.15) is 0 Å². The van der Waals surface area contributed by atoms with Crippen molar-refractivity contribution in [3.8, 4) is 12.1 Å². The van der Waals surface area contributed by atoms with Crippen LogP contribution in [0.3, 0.4) is 0 Å². The summed E-state index contributed by atoms with van der Waals surface area (Å²) < 4.78 is 22.1. The van der Waals surface area contributed by atoms with E-state index >= 15 is 0 Å². The van der Waals surface area contributed by atoms with Crippen LogP contribution in [0.15, 0.2) is 84.9 Å². The third-order valence-electron chi connectivity index (χ3n) is 11.3. The van der Waals surface area contributed by atoms with Crippen LogP contribution >= 0.6 is 0 Å². The number of aliphatic hydroxyl groups is 1. The Bertz CT molecular complexity index is 2480. The molecule has 4 atom stereocenters. The van der Waals surface area contributed by atoms with E-state index in [0.717, 1.165) is 22.3 Å². The number of carbonyl (C=O) groups is 4. The number of nitrogens with one attached hydrogen (secondary N) is 2. The summed E-state index contributed by atoms with van der Waals surface area (Å²) in [5.74, 6) is -2.38. The normalized spacial score (nSPS) is 12.8. The van der Waals surface area contributed by atoms with Gasteiger partial charge in [-0.2, -0.15) is 10.5 Å². The van der Waals surface area contributed by atoms with Gasteiger partial charge in [0.05, 0.1) is 82.1 Å². The highest BCUT2D eigenvalue weighted by Crippen LogP contribution is 2.38. The molecule has 3 N–H and O–H groups in total. The van der Waals surface area contributed by atoms with Crippen molar-refractivity contribution in [3.05, 3.63) is 152 Å². The summed E-state index contributed by atoms with van der Waals surface area (Å²) in [4.78, 5) is 57.7. The van der Waals surface area contributed by atoms with Crippen molar-refractivity contribution >= 4 is 43.1 Å². The number of hydrogen-bond donors (Lipinski definition) is 3. The van der Waals surface area contributed by atoms with Gasteiger partial charge in [-0.25, -0.2) is 9.69 Å². The van der Waals surface area contributed by atoms with Gasteiger partial charge in [0.2, 0.25) is 11.8 Å². The van der Waals surface area contributed by atoms with Gasteiger partial charge in [0, 0.05) is 11.1 Å². The van der Waals surface area contributed by atoms with Crippen molar-refractivity contribution in [2.75, 3.05) is 20.2 Å². The van der Waals surface area contributed by atoms with Gasteiger partial charge in [-0.05, 0) is 105 Å². The second-order valence-electron chi connectivity index (χ2n) is 17.1. The molecule has 4 aromatic carbocycles. The average molecular weight is 900 g/mol. The van der Waals surface area contributed by atoms with Crippen molar-refractivity contribution in [2.45, 2.75) is 91.6 Å². The van der Waals surface area contributed by atoms with Crippen LogP contribution in [0, 0.1) is 61.5 Å². The van der Waals surface area contributed by atoms with Crippen LogP contribution in [0.2, 0.25) is 18.1 Å². The van der Waals surface area contributed by atoms with Crippen LogP contribution in [0.5, 0.6) is 0 Å². The van der Waals surface area contributed by atoms with Crippen molar-refractivity contribution in [1.29, 1.82) is 10.5 Å². The molecule has 4 aromatic rings. The monoisotopic (exact) mass is 899 g/mol. The van der Waals surface area contributed by atoms with E-state index in [0.29, 0.717) is 46.5 Å². The van der Waals surface area contributed by atoms with Crippen molar-refractivity contribution in [2.24, 2.45) is 11.8 Å². The van der Waals surface area contributed by atoms with E-state index in [1.807, 2.05) is 51.1 Å². The molecule has 0 aliphatic heterocycles. The molecule has 0 heterocycles. The largest absolute Gasteiger partial charge is 0.413 e. The minimum absolute atomic E-state index is 0.0122. The minimum atomic E-state index is -2.14. The molecule has 0 aliphatic carbocycles. The highest BCUT2D eigenvalue weighted by molar-refractivity contribution is 6.74. The molecule has 2 amide bonds. The van der Waals surface area contributed by atoms with Gasteiger partial charge >= 0.3 is 0 Å². The Morgan fingerprint density at radius 2 is 1.12 bits per heavy atom. The number of benzene rings is 4. The first-order valence-electron chi connectivity index (χ1n) is 21.5. The quantitative estimate of drug-likeness (QED) is 0.0566. The van der Waals surface area contributed by atoms with Crippen LogP contribution in [0.1, 0.15) is 90.1 Å². The topological polar surface area (TPSA) is 178 Å². The summed E-state index contributed by atoms with van der Waals surface area (Å²) in [5.41, 5.74) is 6.37. The van der Waals surface area contributed by atoms with E-state index in [4.69, 9.17) is 29.5 Å². The third-order valence-corrected chi connectivity index (χ3v) is 15.9. The molecule has 0 radical (unpaired) electrons. The number of Topliss-reactive ketones (excluding diaryl/α,β-unsaturated/α-hetero) is 2. The van der Waals surface area contributed by atoms with Crippen LogP contribution in [-0.4, -0.2) is 69.3 Å². The number of aryl methyl sites for hydroxylation is 2. The first-order valence-corrected chi connectivity index (χ1v) is 23.7. The zero-order valence-electron chi connectivity index (χ0n) is 39.6. The predicted molar refractivity (Wildman–Crippen MR) is 253 cm³/mol. The molecule has 0 saturated heterocycles. The lowest BCUT2D eigenvalue weighted by molar-refractivity contribution is -0.128. The predicted octanol–water partition coefficient (Wildman–Crippen LogP) is 9.53. The molecule has 14 heteroatoms. The number of rotatable bonds is 16. The zero-order valence-corrected chi connectivity index (χ0v) is 39.6. The second-order valence-corrected chi connectivity index (χ2v) is 21.8. The van der Waals surface area contributed by atoms with E-state index in [-0.39, 0.29) is 41.7 Å². The molecule has 0 aliphatic rings. The summed E-state index contributed by atoms with van der Waals surface area (Å²) in [7, 11) is -3.14. The van der Waals surface area contributed by atoms with Crippen LogP contribution in [-0.2, 0) is 26.9 Å². The standard InChI is InChI=1S/C28H35N3O3Si.C22H21N3O3.CH3F/c1-19-15-22(11-14-25(19)30-6)16-24(20(2)34-35(7,8)28(3,4)5)27(33)31-18-26(32)23-12-9-21(17-29)10-13-23;1-14-10-17(6-9-20(14)24-3)11-19(15(2)26)22(28)25-13-21(27)18-7-4-16(12-23)5-8-18;1-2/h9-15,20,24H,16,18H2,1-5,7-8H3,(H,31,33);4-10,15,19,26H,11,13H2,1-2H3,(H,25,28);1H3/t20-,24-;15-,19-;/m11./s1/i;;1D. The SMILES string of the molecule is [2H]CF.[C-]#[N+]c1ccc(C[C@@H](C(=O)NCC(=O)c2ccc(C#N)cc2)[C@@H](C)O)cc1C.[C-]#[N+]c1ccc(C[C@@H](C(=O)NCC(=O)c2ccc(C#N)cc2)[C@@H](C)O[Si](C)(C)C(C)(C)C)cc1C. The summed E-state index contributed by atoms with van der Waals surface area (Å²) >= 11 is 0. The van der Waals surface area contributed by atoms with E-state index in [2.05, 4.69) is 54.2 Å². The number of aliphatic hydroxyl groups excluding tert-OH is 1. The molecule has 0 unspecified atom stereocenters. The molecule has 4 rings (SSSR count). The highest BCUT2D eigenvalue weighted by Gasteiger charge is 2.41. The van der Waals surface area contributed by atoms with Gasteiger partial charge in [-0.1, -0.05) is 81.4 Å². The third kappa shape index (κ3) is 16.4. The smallest absolute Gasteiger partial charge is 0.226 e. The van der Waals surface area contributed by atoms with Crippen LogP contribution in [0.4, 0.5) is 15.8 Å². The van der Waals surface area contributed by atoms with Crippen LogP contribution in [0.25, 0.3) is 9.69 Å². The maximum absolute atomic E-state index is 13.3. The molecule has 0 bridgehead atoms. The van der Waals surface area contributed by atoms with E-state index in [1.54, 1.807) is 66.7 Å².